The van der Waals surface area contributed by atoms with Crippen LogP contribution in [0.4, 0.5) is 0 Å². The molecule has 1 spiro atoms. The molecule has 2 saturated heterocycles. The maximum absolute atomic E-state index is 5.70. The van der Waals surface area contributed by atoms with Crippen LogP contribution in [-0.4, -0.2) is 30.2 Å². The van der Waals surface area contributed by atoms with E-state index in [2.05, 4.69) is 0 Å². The van der Waals surface area contributed by atoms with Crippen LogP contribution in [0.2, 0.25) is 0 Å². The molecule has 0 radical (unpaired) electrons. The van der Waals surface area contributed by atoms with Gasteiger partial charge in [0.1, 0.15) is 12.2 Å². The highest BCUT2D eigenvalue weighted by molar-refractivity contribution is 5.17. The van der Waals surface area contributed by atoms with Gasteiger partial charge < -0.3 is 14.2 Å². The summed E-state index contributed by atoms with van der Waals surface area (Å²) in [6, 6.07) is 0. The van der Waals surface area contributed by atoms with Crippen molar-refractivity contribution in [1.29, 1.82) is 0 Å². The van der Waals surface area contributed by atoms with E-state index in [0.717, 1.165) is 0 Å². The standard InChI is InChI=1S/C9H14O3/c1-8(2)10-5-6(11-8)7-9(12-7)3-4-9/h6-7H,3-5H2,1-2H3/t6-,7-/m1/s1. The highest BCUT2D eigenvalue weighted by atomic mass is 16.8. The van der Waals surface area contributed by atoms with Crippen LogP contribution in [0.1, 0.15) is 26.7 Å². The van der Waals surface area contributed by atoms with Crippen LogP contribution in [0.15, 0.2) is 0 Å². The Morgan fingerprint density at radius 1 is 1.17 bits per heavy atom. The maximum Gasteiger partial charge on any atom is 0.163 e. The summed E-state index contributed by atoms with van der Waals surface area (Å²) in [6.45, 7) is 4.60. The third-order valence-corrected chi connectivity index (χ3v) is 2.93. The minimum atomic E-state index is -0.396. The third-order valence-electron chi connectivity index (χ3n) is 2.93. The summed E-state index contributed by atoms with van der Waals surface area (Å²) >= 11 is 0. The second kappa shape index (κ2) is 1.86. The van der Waals surface area contributed by atoms with Crippen LogP contribution in [0, 0.1) is 0 Å². The summed E-state index contributed by atoms with van der Waals surface area (Å²) < 4.78 is 16.8. The fourth-order valence-corrected chi connectivity index (χ4v) is 2.02. The normalized spacial score (nSPS) is 46.5. The summed E-state index contributed by atoms with van der Waals surface area (Å²) in [5, 5.41) is 0. The number of epoxide rings is 1. The predicted octanol–water partition coefficient (Wildman–Crippen LogP) is 1.07. The first-order valence-electron chi connectivity index (χ1n) is 4.61. The van der Waals surface area contributed by atoms with Crippen molar-refractivity contribution in [1.82, 2.24) is 0 Å². The number of rotatable bonds is 1. The van der Waals surface area contributed by atoms with Gasteiger partial charge >= 0.3 is 0 Å². The molecule has 3 fully saturated rings. The van der Waals surface area contributed by atoms with Crippen LogP contribution >= 0.6 is 0 Å². The Bertz CT molecular complexity index is 220. The molecular weight excluding hydrogens is 156 g/mol. The molecule has 0 aromatic carbocycles. The van der Waals surface area contributed by atoms with Gasteiger partial charge in [-0.1, -0.05) is 0 Å². The Balaban J connectivity index is 1.66. The molecule has 2 heterocycles. The number of hydrogen-bond donors (Lipinski definition) is 0. The van der Waals surface area contributed by atoms with Gasteiger partial charge in [0, 0.05) is 0 Å². The minimum absolute atomic E-state index is 0.183. The number of ether oxygens (including phenoxy) is 3. The molecule has 0 unspecified atom stereocenters. The van der Waals surface area contributed by atoms with Crippen molar-refractivity contribution >= 4 is 0 Å². The fraction of sp³-hybridized carbons (Fsp3) is 1.00. The van der Waals surface area contributed by atoms with Gasteiger partial charge in [0.25, 0.3) is 0 Å². The van der Waals surface area contributed by atoms with Crippen molar-refractivity contribution in [2.45, 2.75) is 50.3 Å². The fourth-order valence-electron chi connectivity index (χ4n) is 2.02. The molecule has 2 atom stereocenters. The van der Waals surface area contributed by atoms with E-state index < -0.39 is 5.79 Å². The highest BCUT2D eigenvalue weighted by Crippen LogP contribution is 2.59. The van der Waals surface area contributed by atoms with Gasteiger partial charge in [0.2, 0.25) is 0 Å². The summed E-state index contributed by atoms with van der Waals surface area (Å²) in [6.07, 6.45) is 2.96. The summed E-state index contributed by atoms with van der Waals surface area (Å²) in [7, 11) is 0. The van der Waals surface area contributed by atoms with Crippen molar-refractivity contribution in [3.63, 3.8) is 0 Å². The summed E-state index contributed by atoms with van der Waals surface area (Å²) in [5.74, 6) is -0.396. The Kier molecular flexibility index (Phi) is 1.13. The van der Waals surface area contributed by atoms with E-state index in [0.29, 0.717) is 12.7 Å². The zero-order valence-electron chi connectivity index (χ0n) is 7.50. The lowest BCUT2D eigenvalue weighted by molar-refractivity contribution is -0.140. The van der Waals surface area contributed by atoms with E-state index >= 15 is 0 Å². The maximum atomic E-state index is 5.70. The Morgan fingerprint density at radius 3 is 2.33 bits per heavy atom. The summed E-state index contributed by atoms with van der Waals surface area (Å²) in [5.41, 5.74) is 0.244. The Morgan fingerprint density at radius 2 is 1.92 bits per heavy atom. The quantitative estimate of drug-likeness (QED) is 0.551. The zero-order valence-corrected chi connectivity index (χ0v) is 7.50. The zero-order chi connectivity index (χ0) is 8.40. The lowest BCUT2D eigenvalue weighted by atomic mass is 10.2. The monoisotopic (exact) mass is 170 g/mol. The molecule has 0 amide bonds. The van der Waals surface area contributed by atoms with Crippen LogP contribution in [0.3, 0.4) is 0 Å². The minimum Gasteiger partial charge on any atom is -0.363 e. The van der Waals surface area contributed by atoms with Crippen molar-refractivity contribution < 1.29 is 14.2 Å². The van der Waals surface area contributed by atoms with E-state index in [1.807, 2.05) is 13.8 Å². The molecule has 1 aliphatic carbocycles. The largest absolute Gasteiger partial charge is 0.363 e. The van der Waals surface area contributed by atoms with Gasteiger partial charge in [-0.05, 0) is 26.7 Å². The first-order valence-corrected chi connectivity index (χ1v) is 4.61. The van der Waals surface area contributed by atoms with Crippen LogP contribution in [-0.2, 0) is 14.2 Å². The second-order valence-electron chi connectivity index (χ2n) is 4.47. The van der Waals surface area contributed by atoms with Gasteiger partial charge in [0.15, 0.2) is 5.79 Å². The average Bonchev–Trinajstić information content (AvgIpc) is 2.87. The lowest BCUT2D eigenvalue weighted by Crippen LogP contribution is -2.25. The van der Waals surface area contributed by atoms with Gasteiger partial charge in [-0.2, -0.15) is 0 Å². The molecule has 3 aliphatic rings. The van der Waals surface area contributed by atoms with Gasteiger partial charge in [-0.15, -0.1) is 0 Å². The van der Waals surface area contributed by atoms with Crippen LogP contribution < -0.4 is 0 Å². The van der Waals surface area contributed by atoms with Crippen molar-refractivity contribution in [3.05, 3.63) is 0 Å². The van der Waals surface area contributed by atoms with E-state index in [9.17, 15) is 0 Å². The van der Waals surface area contributed by atoms with Gasteiger partial charge in [0.05, 0.1) is 12.2 Å². The lowest BCUT2D eigenvalue weighted by Gasteiger charge is -2.16. The molecule has 0 aromatic rings. The molecule has 12 heavy (non-hydrogen) atoms. The highest BCUT2D eigenvalue weighted by Gasteiger charge is 2.69. The molecule has 0 aromatic heterocycles. The van der Waals surface area contributed by atoms with Crippen LogP contribution in [0.25, 0.3) is 0 Å². The van der Waals surface area contributed by atoms with Crippen LogP contribution in [0.5, 0.6) is 0 Å². The molecule has 68 valence electrons. The van der Waals surface area contributed by atoms with Crippen molar-refractivity contribution in [2.75, 3.05) is 6.61 Å². The molecule has 3 nitrogen and oxygen atoms in total. The molecular formula is C9H14O3. The van der Waals surface area contributed by atoms with Crippen molar-refractivity contribution in [3.8, 4) is 0 Å². The molecule has 0 bridgehead atoms. The summed E-state index contributed by atoms with van der Waals surface area (Å²) in [4.78, 5) is 0. The molecule has 3 rings (SSSR count). The molecule has 0 N–H and O–H groups in total. The molecule has 1 saturated carbocycles. The van der Waals surface area contributed by atoms with Crippen molar-refractivity contribution in [2.24, 2.45) is 0 Å². The predicted molar refractivity (Wildman–Crippen MR) is 41.7 cm³/mol. The average molecular weight is 170 g/mol. The second-order valence-corrected chi connectivity index (χ2v) is 4.47. The van der Waals surface area contributed by atoms with E-state index in [1.54, 1.807) is 0 Å². The Labute approximate surface area is 72.0 Å². The third kappa shape index (κ3) is 0.934. The SMILES string of the molecule is CC1(C)OC[C@H]([C@H]2OC23CC3)O1. The smallest absolute Gasteiger partial charge is 0.163 e. The van der Waals surface area contributed by atoms with E-state index in [4.69, 9.17) is 14.2 Å². The van der Waals surface area contributed by atoms with Gasteiger partial charge in [-0.3, -0.25) is 0 Å². The first kappa shape index (κ1) is 7.30. The molecule has 2 aliphatic heterocycles. The van der Waals surface area contributed by atoms with E-state index in [1.165, 1.54) is 12.8 Å². The number of hydrogen-bond acceptors (Lipinski definition) is 3. The topological polar surface area (TPSA) is 31.0 Å². The van der Waals surface area contributed by atoms with E-state index in [-0.39, 0.29) is 11.7 Å². The van der Waals surface area contributed by atoms with Gasteiger partial charge in [-0.25, -0.2) is 0 Å². The first-order chi connectivity index (χ1) is 5.61. The Hall–Kier alpha value is -0.120. The molecule has 3 heteroatoms.